The minimum atomic E-state index is -0.212. The van der Waals surface area contributed by atoms with Gasteiger partial charge in [-0.2, -0.15) is 0 Å². The van der Waals surface area contributed by atoms with E-state index in [2.05, 4.69) is 5.43 Å². The molecule has 0 saturated heterocycles. The molecule has 1 aliphatic rings. The molecule has 0 aliphatic heterocycles. The molecular weight excluding hydrogens is 219 g/mol. The third-order valence-electron chi connectivity index (χ3n) is 3.80. The van der Waals surface area contributed by atoms with Crippen molar-refractivity contribution in [2.75, 3.05) is 7.11 Å². The Balaban J connectivity index is 2.07. The highest BCUT2D eigenvalue weighted by Gasteiger charge is 2.43. The van der Waals surface area contributed by atoms with Crippen LogP contribution < -0.4 is 11.3 Å². The molecule has 3 N–H and O–H groups in total. The minimum Gasteiger partial charge on any atom is -0.377 e. The van der Waals surface area contributed by atoms with Gasteiger partial charge in [-0.25, -0.2) is 4.39 Å². The van der Waals surface area contributed by atoms with Gasteiger partial charge in [-0.3, -0.25) is 11.3 Å². The Morgan fingerprint density at radius 1 is 1.41 bits per heavy atom. The third-order valence-corrected chi connectivity index (χ3v) is 3.80. The number of nitrogens with one attached hydrogen (secondary N) is 1. The van der Waals surface area contributed by atoms with E-state index in [0.717, 1.165) is 24.8 Å². The van der Waals surface area contributed by atoms with Gasteiger partial charge >= 0.3 is 0 Å². The lowest BCUT2D eigenvalue weighted by atomic mass is 9.73. The normalized spacial score (nSPS) is 19.7. The van der Waals surface area contributed by atoms with Gasteiger partial charge in [-0.05, 0) is 43.4 Å². The van der Waals surface area contributed by atoms with Crippen LogP contribution in [0.25, 0.3) is 0 Å². The summed E-state index contributed by atoms with van der Waals surface area (Å²) in [7, 11) is 1.73. The second-order valence-electron chi connectivity index (χ2n) is 4.67. The minimum absolute atomic E-state index is 0.0757. The van der Waals surface area contributed by atoms with Crippen molar-refractivity contribution in [1.29, 1.82) is 0 Å². The van der Waals surface area contributed by atoms with E-state index < -0.39 is 0 Å². The predicted octanol–water partition coefficient (Wildman–Crippen LogP) is 1.77. The average Bonchev–Trinajstić information content (AvgIpc) is 2.29. The highest BCUT2D eigenvalue weighted by Crippen LogP contribution is 2.38. The fraction of sp³-hybridized carbons (Fsp3) is 0.538. The summed E-state index contributed by atoms with van der Waals surface area (Å²) in [4.78, 5) is 0. The highest BCUT2D eigenvalue weighted by atomic mass is 19.1. The largest absolute Gasteiger partial charge is 0.377 e. The molecule has 1 aromatic carbocycles. The summed E-state index contributed by atoms with van der Waals surface area (Å²) < 4.78 is 18.4. The van der Waals surface area contributed by atoms with Crippen molar-refractivity contribution in [2.45, 2.75) is 37.3 Å². The Morgan fingerprint density at radius 3 is 2.47 bits per heavy atom. The summed E-state index contributed by atoms with van der Waals surface area (Å²) in [6, 6.07) is 6.61. The van der Waals surface area contributed by atoms with Crippen molar-refractivity contribution in [3.05, 3.63) is 35.6 Å². The van der Waals surface area contributed by atoms with Gasteiger partial charge in [-0.15, -0.1) is 0 Å². The molecule has 2 rings (SSSR count). The number of hydrogen-bond acceptors (Lipinski definition) is 3. The summed E-state index contributed by atoms with van der Waals surface area (Å²) >= 11 is 0. The standard InChI is InChI=1S/C13H19FN2O/c1-17-13(7-2-8-13)12(16-15)9-10-3-5-11(14)6-4-10/h3-6,12,16H,2,7-9,15H2,1H3. The van der Waals surface area contributed by atoms with Crippen LogP contribution >= 0.6 is 0 Å². The first-order valence-corrected chi connectivity index (χ1v) is 5.96. The average molecular weight is 238 g/mol. The molecule has 0 aromatic heterocycles. The van der Waals surface area contributed by atoms with Crippen LogP contribution in [-0.4, -0.2) is 18.8 Å². The maximum Gasteiger partial charge on any atom is 0.123 e. The molecule has 1 atom stereocenters. The lowest BCUT2D eigenvalue weighted by Crippen LogP contribution is -2.59. The number of methoxy groups -OCH3 is 1. The lowest BCUT2D eigenvalue weighted by molar-refractivity contribution is -0.0982. The van der Waals surface area contributed by atoms with E-state index in [1.165, 1.54) is 18.6 Å². The van der Waals surface area contributed by atoms with Crippen molar-refractivity contribution >= 4 is 0 Å². The predicted molar refractivity (Wildman–Crippen MR) is 64.8 cm³/mol. The van der Waals surface area contributed by atoms with Crippen LogP contribution in [0.4, 0.5) is 4.39 Å². The van der Waals surface area contributed by atoms with Crippen LogP contribution in [0.5, 0.6) is 0 Å². The molecule has 94 valence electrons. The Labute approximate surface area is 101 Å². The monoisotopic (exact) mass is 238 g/mol. The summed E-state index contributed by atoms with van der Waals surface area (Å²) in [5.41, 5.74) is 3.76. The van der Waals surface area contributed by atoms with E-state index in [1.54, 1.807) is 19.2 Å². The maximum absolute atomic E-state index is 12.8. The zero-order valence-electron chi connectivity index (χ0n) is 10.1. The SMILES string of the molecule is COC1(C(Cc2ccc(F)cc2)NN)CCC1. The number of benzene rings is 1. The van der Waals surface area contributed by atoms with Crippen molar-refractivity contribution in [2.24, 2.45) is 5.84 Å². The molecule has 0 bridgehead atoms. The first-order valence-electron chi connectivity index (χ1n) is 5.96. The van der Waals surface area contributed by atoms with E-state index in [0.29, 0.717) is 0 Å². The molecule has 1 fully saturated rings. The molecule has 1 aromatic rings. The molecule has 1 unspecified atom stereocenters. The van der Waals surface area contributed by atoms with E-state index in [9.17, 15) is 4.39 Å². The summed E-state index contributed by atoms with van der Waals surface area (Å²) in [6.45, 7) is 0. The van der Waals surface area contributed by atoms with Crippen molar-refractivity contribution in [3.63, 3.8) is 0 Å². The molecule has 0 heterocycles. The van der Waals surface area contributed by atoms with Gasteiger partial charge in [0.15, 0.2) is 0 Å². The van der Waals surface area contributed by atoms with Crippen molar-refractivity contribution in [3.8, 4) is 0 Å². The molecule has 0 spiro atoms. The molecule has 3 nitrogen and oxygen atoms in total. The molecule has 1 saturated carbocycles. The van der Waals surface area contributed by atoms with Gasteiger partial charge in [-0.1, -0.05) is 12.1 Å². The molecule has 4 heteroatoms. The molecular formula is C13H19FN2O. The molecule has 0 amide bonds. The zero-order chi connectivity index (χ0) is 12.3. The molecule has 0 radical (unpaired) electrons. The van der Waals surface area contributed by atoms with Crippen LogP contribution in [0.3, 0.4) is 0 Å². The number of hydrogen-bond donors (Lipinski definition) is 2. The fourth-order valence-corrected chi connectivity index (χ4v) is 2.47. The van der Waals surface area contributed by atoms with Gasteiger partial charge < -0.3 is 4.74 Å². The fourth-order valence-electron chi connectivity index (χ4n) is 2.47. The Bertz CT molecular complexity index is 357. The summed E-state index contributed by atoms with van der Waals surface area (Å²) in [6.07, 6.45) is 3.99. The topological polar surface area (TPSA) is 47.3 Å². The Morgan fingerprint density at radius 2 is 2.06 bits per heavy atom. The maximum atomic E-state index is 12.8. The number of rotatable bonds is 5. The lowest BCUT2D eigenvalue weighted by Gasteiger charge is -2.46. The Hall–Kier alpha value is -0.970. The first-order chi connectivity index (χ1) is 8.20. The van der Waals surface area contributed by atoms with Crippen LogP contribution in [0.1, 0.15) is 24.8 Å². The zero-order valence-corrected chi connectivity index (χ0v) is 10.1. The number of ether oxygens (including phenoxy) is 1. The van der Waals surface area contributed by atoms with Gasteiger partial charge in [0, 0.05) is 7.11 Å². The van der Waals surface area contributed by atoms with Gasteiger partial charge in [0.2, 0.25) is 0 Å². The van der Waals surface area contributed by atoms with E-state index in [1.807, 2.05) is 0 Å². The number of hydrazine groups is 1. The molecule has 1 aliphatic carbocycles. The van der Waals surface area contributed by atoms with Crippen LogP contribution in [0.15, 0.2) is 24.3 Å². The van der Waals surface area contributed by atoms with Crippen LogP contribution in [0.2, 0.25) is 0 Å². The van der Waals surface area contributed by atoms with E-state index in [4.69, 9.17) is 10.6 Å². The molecule has 17 heavy (non-hydrogen) atoms. The van der Waals surface area contributed by atoms with Crippen molar-refractivity contribution in [1.82, 2.24) is 5.43 Å². The smallest absolute Gasteiger partial charge is 0.123 e. The second kappa shape index (κ2) is 5.12. The van der Waals surface area contributed by atoms with E-state index in [-0.39, 0.29) is 17.5 Å². The Kier molecular flexibility index (Phi) is 3.76. The first kappa shape index (κ1) is 12.5. The van der Waals surface area contributed by atoms with Crippen LogP contribution in [0, 0.1) is 5.82 Å². The number of halogens is 1. The number of nitrogens with two attached hydrogens (primary N) is 1. The second-order valence-corrected chi connectivity index (χ2v) is 4.67. The highest BCUT2D eigenvalue weighted by molar-refractivity contribution is 5.19. The summed E-state index contributed by atoms with van der Waals surface area (Å²) in [5.74, 6) is 5.41. The van der Waals surface area contributed by atoms with Crippen LogP contribution in [-0.2, 0) is 11.2 Å². The quantitative estimate of drug-likeness (QED) is 0.607. The van der Waals surface area contributed by atoms with Gasteiger partial charge in [0.1, 0.15) is 5.82 Å². The van der Waals surface area contributed by atoms with E-state index >= 15 is 0 Å². The van der Waals surface area contributed by atoms with Gasteiger partial charge in [0.25, 0.3) is 0 Å². The third kappa shape index (κ3) is 2.49. The van der Waals surface area contributed by atoms with Crippen molar-refractivity contribution < 1.29 is 9.13 Å². The van der Waals surface area contributed by atoms with Gasteiger partial charge in [0.05, 0.1) is 11.6 Å². The summed E-state index contributed by atoms with van der Waals surface area (Å²) in [5, 5.41) is 0.